The van der Waals surface area contributed by atoms with E-state index in [1.165, 1.54) is 12.8 Å². The van der Waals surface area contributed by atoms with Crippen molar-refractivity contribution >= 4 is 0 Å². The minimum atomic E-state index is 0.122. The molecule has 0 aromatic carbocycles. The first-order valence-corrected chi connectivity index (χ1v) is 7.67. The van der Waals surface area contributed by atoms with Crippen LogP contribution in [0.2, 0.25) is 0 Å². The van der Waals surface area contributed by atoms with Gasteiger partial charge in [0.15, 0.2) is 0 Å². The summed E-state index contributed by atoms with van der Waals surface area (Å²) in [6.07, 6.45) is 4.45. The lowest BCUT2D eigenvalue weighted by molar-refractivity contribution is -0.0642. The zero-order valence-electron chi connectivity index (χ0n) is 11.9. The van der Waals surface area contributed by atoms with E-state index in [4.69, 9.17) is 14.6 Å². The molecule has 19 heavy (non-hydrogen) atoms. The fraction of sp³-hybridized carbons (Fsp3) is 1.00. The van der Waals surface area contributed by atoms with Crippen LogP contribution in [0.1, 0.15) is 25.7 Å². The average Bonchev–Trinajstić information content (AvgIpc) is 2.97. The molecule has 0 amide bonds. The van der Waals surface area contributed by atoms with Crippen LogP contribution in [-0.4, -0.2) is 80.3 Å². The molecule has 0 bridgehead atoms. The molecule has 0 aliphatic carbocycles. The Morgan fingerprint density at radius 2 is 1.84 bits per heavy atom. The van der Waals surface area contributed by atoms with E-state index in [0.29, 0.717) is 0 Å². The van der Waals surface area contributed by atoms with Crippen LogP contribution in [0.15, 0.2) is 0 Å². The van der Waals surface area contributed by atoms with Gasteiger partial charge in [-0.3, -0.25) is 9.80 Å². The van der Waals surface area contributed by atoms with Gasteiger partial charge in [0.05, 0.1) is 13.2 Å². The Morgan fingerprint density at radius 3 is 2.53 bits per heavy atom. The van der Waals surface area contributed by atoms with Gasteiger partial charge in [0.2, 0.25) is 0 Å². The lowest BCUT2D eigenvalue weighted by atomic mass is 10.3. The van der Waals surface area contributed by atoms with E-state index < -0.39 is 0 Å². The van der Waals surface area contributed by atoms with Crippen molar-refractivity contribution in [3.05, 3.63) is 0 Å². The fourth-order valence-electron chi connectivity index (χ4n) is 2.84. The number of rotatable bonds is 8. The number of ether oxygens (including phenoxy) is 2. The second kappa shape index (κ2) is 8.87. The Hall–Kier alpha value is -0.200. The third kappa shape index (κ3) is 5.36. The summed E-state index contributed by atoms with van der Waals surface area (Å²) in [6.45, 7) is 8.16. The maximum atomic E-state index is 9.13. The van der Waals surface area contributed by atoms with Crippen molar-refractivity contribution in [1.29, 1.82) is 0 Å². The minimum absolute atomic E-state index is 0.122. The predicted octanol–water partition coefficient (Wildman–Crippen LogP) is 0.530. The summed E-state index contributed by atoms with van der Waals surface area (Å²) in [5.41, 5.74) is 0. The number of hydrogen-bond donors (Lipinski definition) is 1. The molecular weight excluding hydrogens is 244 g/mol. The highest BCUT2D eigenvalue weighted by atomic mass is 16.5. The van der Waals surface area contributed by atoms with Crippen molar-refractivity contribution in [2.24, 2.45) is 0 Å². The number of likely N-dealkylation sites (tertiary alicyclic amines) is 1. The van der Waals surface area contributed by atoms with Gasteiger partial charge in [0.1, 0.15) is 6.23 Å². The molecule has 0 aromatic rings. The Balaban J connectivity index is 1.58. The Kier molecular flexibility index (Phi) is 7.09. The van der Waals surface area contributed by atoms with E-state index in [2.05, 4.69) is 9.80 Å². The van der Waals surface area contributed by atoms with Crippen molar-refractivity contribution in [3.63, 3.8) is 0 Å². The van der Waals surface area contributed by atoms with Crippen LogP contribution in [0.25, 0.3) is 0 Å². The van der Waals surface area contributed by atoms with Gasteiger partial charge in [-0.2, -0.15) is 0 Å². The van der Waals surface area contributed by atoms with Gasteiger partial charge in [-0.1, -0.05) is 0 Å². The van der Waals surface area contributed by atoms with E-state index >= 15 is 0 Å². The SMILES string of the molecule is OCCC(OCCCN1CCOCC1)N1CCCC1. The Morgan fingerprint density at radius 1 is 1.11 bits per heavy atom. The molecule has 2 saturated heterocycles. The van der Waals surface area contributed by atoms with Gasteiger partial charge in [0, 0.05) is 52.4 Å². The molecule has 5 heteroatoms. The van der Waals surface area contributed by atoms with Gasteiger partial charge in [-0.15, -0.1) is 0 Å². The number of nitrogens with zero attached hydrogens (tertiary/aromatic N) is 2. The Bertz CT molecular complexity index is 229. The molecule has 2 fully saturated rings. The van der Waals surface area contributed by atoms with Crippen LogP contribution in [0.3, 0.4) is 0 Å². The van der Waals surface area contributed by atoms with E-state index in [-0.39, 0.29) is 12.8 Å². The van der Waals surface area contributed by atoms with Crippen LogP contribution in [0.4, 0.5) is 0 Å². The first-order chi connectivity index (χ1) is 9.40. The second-order valence-corrected chi connectivity index (χ2v) is 5.39. The molecule has 1 unspecified atom stereocenters. The van der Waals surface area contributed by atoms with Gasteiger partial charge in [-0.05, 0) is 19.3 Å². The first-order valence-electron chi connectivity index (χ1n) is 7.67. The largest absolute Gasteiger partial charge is 0.396 e. The first kappa shape index (κ1) is 15.2. The maximum Gasteiger partial charge on any atom is 0.112 e. The smallest absolute Gasteiger partial charge is 0.112 e. The third-order valence-electron chi connectivity index (χ3n) is 3.96. The van der Waals surface area contributed by atoms with Gasteiger partial charge < -0.3 is 14.6 Å². The van der Waals surface area contributed by atoms with E-state index in [0.717, 1.165) is 65.4 Å². The second-order valence-electron chi connectivity index (χ2n) is 5.39. The molecule has 5 nitrogen and oxygen atoms in total. The van der Waals surface area contributed by atoms with E-state index in [9.17, 15) is 0 Å². The van der Waals surface area contributed by atoms with Crippen molar-refractivity contribution in [3.8, 4) is 0 Å². The zero-order chi connectivity index (χ0) is 13.3. The summed E-state index contributed by atoms with van der Waals surface area (Å²) in [4.78, 5) is 4.80. The lowest BCUT2D eigenvalue weighted by Crippen LogP contribution is -2.38. The minimum Gasteiger partial charge on any atom is -0.396 e. The van der Waals surface area contributed by atoms with Gasteiger partial charge in [0.25, 0.3) is 0 Å². The number of hydrogen-bond acceptors (Lipinski definition) is 5. The van der Waals surface area contributed by atoms with E-state index in [1.54, 1.807) is 0 Å². The standard InChI is InChI=1S/C14H28N2O3/c17-10-4-14(16-6-1-2-7-16)19-11-3-5-15-8-12-18-13-9-15/h14,17H,1-13H2. The molecule has 0 aromatic heterocycles. The highest BCUT2D eigenvalue weighted by Crippen LogP contribution is 2.15. The van der Waals surface area contributed by atoms with Crippen LogP contribution in [0, 0.1) is 0 Å². The third-order valence-corrected chi connectivity index (χ3v) is 3.96. The molecule has 2 aliphatic rings. The van der Waals surface area contributed by atoms with Crippen molar-refractivity contribution in [1.82, 2.24) is 9.80 Å². The molecule has 0 spiro atoms. The molecule has 0 radical (unpaired) electrons. The highest BCUT2D eigenvalue weighted by Gasteiger charge is 2.21. The summed E-state index contributed by atoms with van der Waals surface area (Å²) < 4.78 is 11.3. The fourth-order valence-corrected chi connectivity index (χ4v) is 2.84. The Labute approximate surface area is 116 Å². The number of aliphatic hydroxyl groups excluding tert-OH is 1. The summed E-state index contributed by atoms with van der Waals surface area (Å²) in [5, 5.41) is 9.13. The molecule has 1 atom stereocenters. The van der Waals surface area contributed by atoms with Crippen molar-refractivity contribution < 1.29 is 14.6 Å². The molecule has 2 heterocycles. The highest BCUT2D eigenvalue weighted by molar-refractivity contribution is 4.70. The molecule has 2 rings (SSSR count). The summed E-state index contributed by atoms with van der Waals surface area (Å²) in [5.74, 6) is 0. The summed E-state index contributed by atoms with van der Waals surface area (Å²) in [7, 11) is 0. The normalized spacial score (nSPS) is 23.8. The van der Waals surface area contributed by atoms with Crippen LogP contribution in [-0.2, 0) is 9.47 Å². The lowest BCUT2D eigenvalue weighted by Gasteiger charge is -2.29. The molecule has 1 N–H and O–H groups in total. The molecular formula is C14H28N2O3. The molecule has 112 valence electrons. The van der Waals surface area contributed by atoms with Crippen molar-refractivity contribution in [2.45, 2.75) is 31.9 Å². The number of morpholine rings is 1. The molecule has 0 saturated carbocycles. The quantitative estimate of drug-likeness (QED) is 0.653. The van der Waals surface area contributed by atoms with Gasteiger partial charge in [-0.25, -0.2) is 0 Å². The van der Waals surface area contributed by atoms with Crippen LogP contribution >= 0.6 is 0 Å². The zero-order valence-corrected chi connectivity index (χ0v) is 11.9. The van der Waals surface area contributed by atoms with Crippen LogP contribution in [0.5, 0.6) is 0 Å². The predicted molar refractivity (Wildman–Crippen MR) is 74.1 cm³/mol. The molecule has 2 aliphatic heterocycles. The topological polar surface area (TPSA) is 45.2 Å². The summed E-state index contributed by atoms with van der Waals surface area (Å²) >= 11 is 0. The monoisotopic (exact) mass is 272 g/mol. The maximum absolute atomic E-state index is 9.13. The van der Waals surface area contributed by atoms with Gasteiger partial charge >= 0.3 is 0 Å². The number of aliphatic hydroxyl groups is 1. The van der Waals surface area contributed by atoms with Crippen molar-refractivity contribution in [2.75, 3.05) is 59.2 Å². The van der Waals surface area contributed by atoms with E-state index in [1.807, 2.05) is 0 Å². The summed E-state index contributed by atoms with van der Waals surface area (Å²) in [6, 6.07) is 0. The average molecular weight is 272 g/mol. The van der Waals surface area contributed by atoms with Crippen LogP contribution < -0.4 is 0 Å².